The van der Waals surface area contributed by atoms with Crippen molar-refractivity contribution in [1.82, 2.24) is 47.5 Å². The van der Waals surface area contributed by atoms with Crippen molar-refractivity contribution in [3.8, 4) is 5.75 Å². The Balaban J connectivity index is 1.54. The number of fused-ring (bicyclic) bond motifs is 1. The molecule has 0 aliphatic carbocycles. The number of para-hydroxylation sites is 1. The number of amides is 11. The lowest BCUT2D eigenvalue weighted by Crippen LogP contribution is -2.61. The maximum Gasteiger partial charge on any atom is 0.245 e. The van der Waals surface area contributed by atoms with Gasteiger partial charge < -0.3 is 97.2 Å². The number of benzene rings is 3. The van der Waals surface area contributed by atoms with Crippen LogP contribution in [0.15, 0.2) is 90.1 Å². The normalized spacial score (nSPS) is 14.2. The topological polar surface area (TPSA) is 529 Å². The molecule has 11 amide bonds. The van der Waals surface area contributed by atoms with Gasteiger partial charge in [0.2, 0.25) is 65.0 Å². The van der Waals surface area contributed by atoms with Gasteiger partial charge in [-0.1, -0.05) is 60.7 Å². The zero-order valence-corrected chi connectivity index (χ0v) is 45.3. The second-order valence-corrected chi connectivity index (χ2v) is 19.3. The number of aliphatic hydroxyl groups excluding tert-OH is 2. The molecule has 0 radical (unpaired) electrons. The van der Waals surface area contributed by atoms with Crippen LogP contribution in [0.2, 0.25) is 0 Å². The first-order chi connectivity index (χ1) is 39.3. The van der Waals surface area contributed by atoms with Gasteiger partial charge >= 0.3 is 0 Å². The second-order valence-electron chi connectivity index (χ2n) is 19.3. The number of nitrogens with zero attached hydrogens (tertiary/aromatic N) is 1. The van der Waals surface area contributed by atoms with Crippen LogP contribution in [0.3, 0.4) is 0 Å². The molecular formula is C53H72N16O14. The summed E-state index contributed by atoms with van der Waals surface area (Å²) in [6.45, 7) is -0.826. The number of carbonyl (C=O) groups is 11. The molecule has 0 saturated carbocycles. The molecule has 0 unspecified atom stereocenters. The molecule has 0 fully saturated rings. The first kappa shape index (κ1) is 65.8. The van der Waals surface area contributed by atoms with E-state index in [2.05, 4.69) is 52.5 Å². The number of aliphatic hydroxyl groups is 2. The summed E-state index contributed by atoms with van der Waals surface area (Å²) in [7, 11) is 0. The number of guanidine groups is 1. The van der Waals surface area contributed by atoms with Gasteiger partial charge in [0.1, 0.15) is 48.0 Å². The Bertz CT molecular complexity index is 2950. The van der Waals surface area contributed by atoms with Gasteiger partial charge in [-0.2, -0.15) is 0 Å². The number of nitrogens with two attached hydrogens (primary N) is 6. The highest BCUT2D eigenvalue weighted by Crippen LogP contribution is 2.20. The summed E-state index contributed by atoms with van der Waals surface area (Å²) in [6.07, 6.45) is -2.06. The monoisotopic (exact) mass is 1160 g/mol. The van der Waals surface area contributed by atoms with E-state index in [4.69, 9.17) is 34.4 Å². The van der Waals surface area contributed by atoms with E-state index >= 15 is 0 Å². The van der Waals surface area contributed by atoms with E-state index in [1.807, 2.05) is 0 Å². The Morgan fingerprint density at radius 3 is 1.76 bits per heavy atom. The van der Waals surface area contributed by atoms with Crippen LogP contribution in [0.4, 0.5) is 0 Å². The predicted octanol–water partition coefficient (Wildman–Crippen LogP) is -6.21. The van der Waals surface area contributed by atoms with Crippen molar-refractivity contribution in [2.24, 2.45) is 39.4 Å². The second kappa shape index (κ2) is 32.5. The van der Waals surface area contributed by atoms with Crippen molar-refractivity contribution in [3.63, 3.8) is 0 Å². The van der Waals surface area contributed by atoms with E-state index in [1.165, 1.54) is 24.3 Å². The molecular weight excluding hydrogens is 1080 g/mol. The summed E-state index contributed by atoms with van der Waals surface area (Å²) in [6, 6.07) is 8.75. The highest BCUT2D eigenvalue weighted by molar-refractivity contribution is 5.99. The molecule has 1 aromatic heterocycles. The number of aromatic amines is 1. The first-order valence-corrected chi connectivity index (χ1v) is 26.1. The first-order valence-electron chi connectivity index (χ1n) is 26.1. The van der Waals surface area contributed by atoms with Crippen molar-refractivity contribution in [1.29, 1.82) is 0 Å². The van der Waals surface area contributed by atoms with E-state index in [9.17, 15) is 68.1 Å². The molecule has 83 heavy (non-hydrogen) atoms. The van der Waals surface area contributed by atoms with Gasteiger partial charge in [-0.25, -0.2) is 0 Å². The number of carbonyl (C=O) groups excluding carboxylic acids is 11. The highest BCUT2D eigenvalue weighted by Gasteiger charge is 2.35. The van der Waals surface area contributed by atoms with Crippen LogP contribution in [-0.2, 0) is 72.0 Å². The van der Waals surface area contributed by atoms with Crippen molar-refractivity contribution in [3.05, 3.63) is 102 Å². The predicted molar refractivity (Wildman–Crippen MR) is 299 cm³/mol. The van der Waals surface area contributed by atoms with Gasteiger partial charge in [-0.3, -0.25) is 57.7 Å². The number of H-pyrrole nitrogens is 1. The third-order valence-electron chi connectivity index (χ3n) is 12.7. The molecule has 30 nitrogen and oxygen atoms in total. The molecule has 0 aliphatic heterocycles. The Hall–Kier alpha value is -9.68. The lowest BCUT2D eigenvalue weighted by molar-refractivity contribution is -0.136. The van der Waals surface area contributed by atoms with Crippen LogP contribution in [-0.4, -0.2) is 165 Å². The number of hydrogen-bond donors (Lipinski definition) is 18. The average molecular weight is 1160 g/mol. The molecule has 0 bridgehead atoms. The molecule has 0 aliphatic rings. The number of aromatic nitrogens is 1. The van der Waals surface area contributed by atoms with Gasteiger partial charge in [0.25, 0.3) is 0 Å². The summed E-state index contributed by atoms with van der Waals surface area (Å²) in [4.78, 5) is 153. The number of aromatic hydroxyl groups is 1. The fourth-order valence-corrected chi connectivity index (χ4v) is 8.27. The molecule has 3 aromatic carbocycles. The summed E-state index contributed by atoms with van der Waals surface area (Å²) < 4.78 is 0. The minimum atomic E-state index is -1.82. The lowest BCUT2D eigenvalue weighted by atomic mass is 10.0. The smallest absolute Gasteiger partial charge is 0.245 e. The van der Waals surface area contributed by atoms with Gasteiger partial charge in [-0.15, -0.1) is 0 Å². The number of rotatable bonds is 34. The largest absolute Gasteiger partial charge is 0.508 e. The number of phenolic OH excluding ortho intramolecular Hbond substituents is 1. The Morgan fingerprint density at radius 2 is 1.13 bits per heavy atom. The highest BCUT2D eigenvalue weighted by atomic mass is 16.3. The lowest BCUT2D eigenvalue weighted by Gasteiger charge is -2.26. The third kappa shape index (κ3) is 22.1. The number of phenols is 1. The molecule has 30 heteroatoms. The number of primary amides is 3. The number of aliphatic imine (C=N–C) groups is 1. The van der Waals surface area contributed by atoms with Crippen molar-refractivity contribution >= 4 is 81.8 Å². The minimum absolute atomic E-state index is 0.0393. The quantitative estimate of drug-likeness (QED) is 0.0118. The van der Waals surface area contributed by atoms with Crippen molar-refractivity contribution < 1.29 is 68.1 Å². The minimum Gasteiger partial charge on any atom is -0.508 e. The standard InChI is InChI=1S/C53H72N16O14/c1-27(71)44(52(83)66-37(45(57)76)23-42(56)74)69-50(81)39(22-30-24-61-34-11-6-5-10-32(30)34)63-43(75)25-62-47(78)35(12-7-19-60-53(58)59)65-51(82)40(26-70)68-49(80)38(21-29-13-15-31(72)16-14-29)67-48(79)36(17-18-41(55)73)64-46(77)33(54)20-28-8-3-2-4-9-28/h2-6,8-11,13-16,24,27,33,35-40,44,61,70-72H,7,12,17-23,25-26,54H2,1H3,(H2,55,73)(H2,56,74)(H2,57,76)(H,62,78)(H,63,75)(H,64,77)(H,65,82)(H,66,83)(H,67,79)(H,68,80)(H,69,81)(H4,58,59,60)/t27-,33+,35+,36+,37+,38+,39+,40+,44+/m1/s1. The van der Waals surface area contributed by atoms with E-state index in [0.29, 0.717) is 27.6 Å². The molecule has 0 spiro atoms. The molecule has 24 N–H and O–H groups in total. The summed E-state index contributed by atoms with van der Waals surface area (Å²) in [5.41, 5.74) is 35.3. The molecule has 4 rings (SSSR count). The van der Waals surface area contributed by atoms with Crippen molar-refractivity contribution in [2.75, 3.05) is 19.7 Å². The number of nitrogens with one attached hydrogen (secondary N) is 9. The third-order valence-corrected chi connectivity index (χ3v) is 12.7. The maximum atomic E-state index is 14.1. The zero-order valence-electron chi connectivity index (χ0n) is 45.3. The van der Waals surface area contributed by atoms with Gasteiger partial charge in [0.05, 0.1) is 31.7 Å². The zero-order chi connectivity index (χ0) is 61.3. The van der Waals surface area contributed by atoms with Crippen LogP contribution in [0.1, 0.15) is 55.7 Å². The SMILES string of the molecule is C[C@@H](O)[C@H](NC(=O)[C@H](Cc1c[nH]c2ccccc12)NC(=O)CNC(=O)[C@H](CCCN=C(N)N)NC(=O)[C@H](CO)NC(=O)[C@H](Cc1ccc(O)cc1)NC(=O)[C@H](CCC(N)=O)NC(=O)[C@@H](N)Cc1ccccc1)C(=O)N[C@@H](CC(N)=O)C(N)=O. The van der Waals surface area contributed by atoms with Gasteiger partial charge in [0, 0.05) is 42.9 Å². The maximum absolute atomic E-state index is 14.1. The Morgan fingerprint density at radius 1 is 0.578 bits per heavy atom. The molecule has 4 aromatic rings. The van der Waals surface area contributed by atoms with Crippen LogP contribution < -0.4 is 76.9 Å². The Labute approximate surface area is 475 Å². The van der Waals surface area contributed by atoms with Crippen molar-refractivity contribution in [2.45, 2.75) is 113 Å². The fourth-order valence-electron chi connectivity index (χ4n) is 8.27. The van der Waals surface area contributed by atoms with Crippen LogP contribution >= 0.6 is 0 Å². The van der Waals surface area contributed by atoms with Gasteiger partial charge in [-0.05, 0) is 67.5 Å². The molecule has 9 atom stereocenters. The van der Waals surface area contributed by atoms with Crippen LogP contribution in [0.25, 0.3) is 10.9 Å². The molecule has 0 saturated heterocycles. The Kier molecular flexibility index (Phi) is 25.8. The van der Waals surface area contributed by atoms with E-state index in [0.717, 1.165) is 6.92 Å². The molecule has 448 valence electrons. The fraction of sp³-hybridized carbons (Fsp3) is 0.396. The summed E-state index contributed by atoms with van der Waals surface area (Å²) in [5, 5.41) is 50.8. The number of hydrogen-bond acceptors (Lipinski definition) is 16. The van der Waals surface area contributed by atoms with E-state index < -0.39 is 139 Å². The van der Waals surface area contributed by atoms with Crippen LogP contribution in [0, 0.1) is 0 Å². The van der Waals surface area contributed by atoms with E-state index in [1.54, 1.807) is 60.8 Å². The molecule has 1 heterocycles. The summed E-state index contributed by atoms with van der Waals surface area (Å²) in [5.74, 6) is -11.4. The summed E-state index contributed by atoms with van der Waals surface area (Å²) >= 11 is 0. The van der Waals surface area contributed by atoms with Crippen LogP contribution in [0.5, 0.6) is 5.75 Å². The van der Waals surface area contributed by atoms with Gasteiger partial charge in [0.15, 0.2) is 5.96 Å². The average Bonchev–Trinajstić information content (AvgIpc) is 4.14. The van der Waals surface area contributed by atoms with E-state index in [-0.39, 0.29) is 63.2 Å².